The quantitative estimate of drug-likeness (QED) is 0.620. The summed E-state index contributed by atoms with van der Waals surface area (Å²) in [6.45, 7) is 1.05. The van der Waals surface area contributed by atoms with E-state index in [-0.39, 0.29) is 11.2 Å². The number of benzene rings is 2. The number of hydrogen-bond donors (Lipinski definition) is 0. The second kappa shape index (κ2) is 7.51. The van der Waals surface area contributed by atoms with Crippen LogP contribution in [0.25, 0.3) is 11.4 Å². The maximum Gasteiger partial charge on any atom is 0.319 e. The molecule has 2 heterocycles. The zero-order valence-electron chi connectivity index (χ0n) is 13.8. The number of rotatable bonds is 5. The second-order valence-corrected chi connectivity index (χ2v) is 7.50. The molecular formula is C19H16ClN3O2S. The summed E-state index contributed by atoms with van der Waals surface area (Å²) in [6.07, 6.45) is 0.684. The van der Waals surface area contributed by atoms with Gasteiger partial charge in [0.25, 0.3) is 0 Å². The minimum absolute atomic E-state index is 0.191. The van der Waals surface area contributed by atoms with Crippen molar-refractivity contribution < 1.29 is 9.53 Å². The number of hydrogen-bond acceptors (Lipinski definition) is 5. The fraction of sp³-hybridized carbons (Fsp3) is 0.211. The first-order chi connectivity index (χ1) is 12.7. The Hall–Kier alpha value is -2.31. The monoisotopic (exact) mass is 385 g/mol. The first-order valence-corrected chi connectivity index (χ1v) is 9.53. The molecule has 2 aromatic carbocycles. The Morgan fingerprint density at radius 1 is 1.12 bits per heavy atom. The lowest BCUT2D eigenvalue weighted by atomic mass is 10.2. The van der Waals surface area contributed by atoms with E-state index >= 15 is 0 Å². The van der Waals surface area contributed by atoms with Crippen LogP contribution in [-0.4, -0.2) is 32.6 Å². The van der Waals surface area contributed by atoms with Crippen LogP contribution in [0.5, 0.6) is 0 Å². The third-order valence-corrected chi connectivity index (χ3v) is 5.71. The van der Waals surface area contributed by atoms with E-state index in [0.29, 0.717) is 35.6 Å². The van der Waals surface area contributed by atoms with Crippen LogP contribution in [0, 0.1) is 0 Å². The Morgan fingerprint density at radius 2 is 1.88 bits per heavy atom. The molecule has 1 fully saturated rings. The van der Waals surface area contributed by atoms with E-state index in [2.05, 4.69) is 22.3 Å². The largest absolute Gasteiger partial charge is 0.465 e. The van der Waals surface area contributed by atoms with Crippen molar-refractivity contribution in [3.05, 3.63) is 65.2 Å². The molecule has 0 amide bonds. The van der Waals surface area contributed by atoms with Gasteiger partial charge in [0.15, 0.2) is 11.0 Å². The van der Waals surface area contributed by atoms with E-state index in [1.807, 2.05) is 47.0 Å². The van der Waals surface area contributed by atoms with E-state index in [9.17, 15) is 4.79 Å². The van der Waals surface area contributed by atoms with Crippen LogP contribution >= 0.6 is 23.4 Å². The fourth-order valence-corrected chi connectivity index (χ4v) is 4.06. The van der Waals surface area contributed by atoms with E-state index in [1.54, 1.807) is 0 Å². The maximum absolute atomic E-state index is 11.9. The highest BCUT2D eigenvalue weighted by Gasteiger charge is 2.30. The Bertz CT molecular complexity index is 930. The lowest BCUT2D eigenvalue weighted by Gasteiger charge is -2.12. The number of esters is 1. The van der Waals surface area contributed by atoms with Crippen molar-refractivity contribution in [3.63, 3.8) is 0 Å². The van der Waals surface area contributed by atoms with Crippen molar-refractivity contribution in [3.8, 4) is 11.4 Å². The molecule has 0 radical (unpaired) electrons. The summed E-state index contributed by atoms with van der Waals surface area (Å²) in [5, 5.41) is 9.76. The number of halogens is 1. The highest BCUT2D eigenvalue weighted by atomic mass is 35.5. The van der Waals surface area contributed by atoms with Gasteiger partial charge in [-0.3, -0.25) is 9.36 Å². The van der Waals surface area contributed by atoms with Crippen molar-refractivity contribution in [2.45, 2.75) is 23.4 Å². The minimum Gasteiger partial charge on any atom is -0.465 e. The molecule has 0 spiro atoms. The van der Waals surface area contributed by atoms with Crippen molar-refractivity contribution in [2.24, 2.45) is 0 Å². The second-order valence-electron chi connectivity index (χ2n) is 5.92. The molecule has 7 heteroatoms. The molecular weight excluding hydrogens is 370 g/mol. The van der Waals surface area contributed by atoms with Gasteiger partial charge in [-0.15, -0.1) is 10.2 Å². The average molecular weight is 386 g/mol. The molecule has 5 nitrogen and oxygen atoms in total. The van der Waals surface area contributed by atoms with E-state index in [4.69, 9.17) is 16.3 Å². The van der Waals surface area contributed by atoms with E-state index < -0.39 is 0 Å². The van der Waals surface area contributed by atoms with Gasteiger partial charge in [-0.25, -0.2) is 0 Å². The molecule has 0 N–H and O–H groups in total. The van der Waals surface area contributed by atoms with Gasteiger partial charge in [-0.2, -0.15) is 0 Å². The molecule has 0 bridgehead atoms. The SMILES string of the molecule is O=C1OCC[C@H]1Sc1nnc(-c2ccccc2Cl)n1Cc1ccccc1. The third-order valence-electron chi connectivity index (χ3n) is 4.15. The highest BCUT2D eigenvalue weighted by molar-refractivity contribution is 8.00. The number of carbonyl (C=O) groups excluding carboxylic acids is 1. The number of aromatic nitrogens is 3. The lowest BCUT2D eigenvalue weighted by molar-refractivity contribution is -0.137. The van der Waals surface area contributed by atoms with Crippen molar-refractivity contribution in [1.29, 1.82) is 0 Å². The van der Waals surface area contributed by atoms with Crippen LogP contribution in [0.2, 0.25) is 5.02 Å². The molecule has 3 aromatic rings. The average Bonchev–Trinajstić information content (AvgIpc) is 3.24. The van der Waals surface area contributed by atoms with Gasteiger partial charge >= 0.3 is 5.97 Å². The molecule has 1 aliphatic rings. The first kappa shape index (κ1) is 17.1. The Labute approximate surface area is 160 Å². The smallest absolute Gasteiger partial charge is 0.319 e. The molecule has 0 saturated carbocycles. The van der Waals surface area contributed by atoms with Gasteiger partial charge in [0.1, 0.15) is 5.25 Å². The number of cyclic esters (lactones) is 1. The van der Waals surface area contributed by atoms with Gasteiger partial charge in [-0.05, 0) is 17.7 Å². The molecule has 0 aliphatic carbocycles. The summed E-state index contributed by atoms with van der Waals surface area (Å²) in [6, 6.07) is 17.6. The topological polar surface area (TPSA) is 57.0 Å². The van der Waals surface area contributed by atoms with Gasteiger partial charge in [0, 0.05) is 12.0 Å². The Kier molecular flexibility index (Phi) is 4.95. The zero-order chi connectivity index (χ0) is 17.9. The first-order valence-electron chi connectivity index (χ1n) is 8.27. The highest BCUT2D eigenvalue weighted by Crippen LogP contribution is 2.33. The number of carbonyl (C=O) groups is 1. The van der Waals surface area contributed by atoms with Crippen molar-refractivity contribution >= 4 is 29.3 Å². The Balaban J connectivity index is 1.74. The van der Waals surface area contributed by atoms with Crippen LogP contribution in [0.3, 0.4) is 0 Å². The summed E-state index contributed by atoms with van der Waals surface area (Å²) in [5.74, 6) is 0.497. The molecule has 4 rings (SSSR count). The summed E-state index contributed by atoms with van der Waals surface area (Å²) in [5.41, 5.74) is 1.94. The van der Waals surface area contributed by atoms with Crippen LogP contribution in [-0.2, 0) is 16.1 Å². The van der Waals surface area contributed by atoms with Crippen LogP contribution in [0.1, 0.15) is 12.0 Å². The molecule has 26 heavy (non-hydrogen) atoms. The maximum atomic E-state index is 11.9. The number of nitrogens with zero attached hydrogens (tertiary/aromatic N) is 3. The third kappa shape index (κ3) is 3.48. The lowest BCUT2D eigenvalue weighted by Crippen LogP contribution is -2.12. The van der Waals surface area contributed by atoms with Gasteiger partial charge in [-0.1, -0.05) is 65.8 Å². The standard InChI is InChI=1S/C19H16ClN3O2S/c20-15-9-5-4-8-14(15)17-21-22-19(26-16-10-11-25-18(16)24)23(17)12-13-6-2-1-3-7-13/h1-9,16H,10-12H2/t16-/m1/s1. The molecule has 1 aliphatic heterocycles. The van der Waals surface area contributed by atoms with Gasteiger partial charge in [0.2, 0.25) is 0 Å². The number of ether oxygens (including phenoxy) is 1. The van der Waals surface area contributed by atoms with Crippen molar-refractivity contribution in [1.82, 2.24) is 14.8 Å². The number of thioether (sulfide) groups is 1. The van der Waals surface area contributed by atoms with E-state index in [1.165, 1.54) is 11.8 Å². The van der Waals surface area contributed by atoms with E-state index in [0.717, 1.165) is 11.1 Å². The van der Waals surface area contributed by atoms with Crippen LogP contribution in [0.4, 0.5) is 0 Å². The van der Waals surface area contributed by atoms with Crippen LogP contribution in [0.15, 0.2) is 59.8 Å². The van der Waals surface area contributed by atoms with Gasteiger partial charge in [0.05, 0.1) is 18.2 Å². The summed E-state index contributed by atoms with van der Waals surface area (Å²) in [7, 11) is 0. The molecule has 1 aromatic heterocycles. The molecule has 0 unspecified atom stereocenters. The summed E-state index contributed by atoms with van der Waals surface area (Å²) >= 11 is 7.77. The summed E-state index contributed by atoms with van der Waals surface area (Å²) in [4.78, 5) is 11.9. The van der Waals surface area contributed by atoms with Crippen molar-refractivity contribution in [2.75, 3.05) is 6.61 Å². The normalized spacial score (nSPS) is 16.7. The predicted octanol–water partition coefficient (Wildman–Crippen LogP) is 4.05. The zero-order valence-corrected chi connectivity index (χ0v) is 15.4. The minimum atomic E-state index is -0.243. The fourth-order valence-electron chi connectivity index (χ4n) is 2.84. The Morgan fingerprint density at radius 3 is 2.62 bits per heavy atom. The molecule has 1 saturated heterocycles. The van der Waals surface area contributed by atoms with Gasteiger partial charge < -0.3 is 4.74 Å². The van der Waals surface area contributed by atoms with Crippen LogP contribution < -0.4 is 0 Å². The predicted molar refractivity (Wildman–Crippen MR) is 101 cm³/mol. The summed E-state index contributed by atoms with van der Waals surface area (Å²) < 4.78 is 7.07. The molecule has 132 valence electrons. The molecule has 1 atom stereocenters.